The fourth-order valence-electron chi connectivity index (χ4n) is 2.93. The molecule has 0 aromatic carbocycles. The Balaban J connectivity index is 1.99. The average molecular weight is 406 g/mol. The lowest BCUT2D eigenvalue weighted by molar-refractivity contribution is -0.143. The molecule has 2 amide bonds. The van der Waals surface area contributed by atoms with Gasteiger partial charge in [0.1, 0.15) is 6.61 Å². The van der Waals surface area contributed by atoms with E-state index in [1.807, 2.05) is 13.8 Å². The monoisotopic (exact) mass is 406 g/mol. The molecule has 2 rings (SSSR count). The van der Waals surface area contributed by atoms with Gasteiger partial charge in [-0.3, -0.25) is 14.4 Å². The summed E-state index contributed by atoms with van der Waals surface area (Å²) in [6, 6.07) is 0. The minimum Gasteiger partial charge on any atom is -0.469 e. The van der Waals surface area contributed by atoms with E-state index in [0.717, 1.165) is 0 Å². The van der Waals surface area contributed by atoms with Crippen molar-refractivity contribution in [2.45, 2.75) is 33.3 Å². The van der Waals surface area contributed by atoms with Crippen LogP contribution >= 0.6 is 8.09 Å². The van der Waals surface area contributed by atoms with Gasteiger partial charge >= 0.3 is 14.1 Å². The van der Waals surface area contributed by atoms with Gasteiger partial charge in [0.15, 0.2) is 6.10 Å². The van der Waals surface area contributed by atoms with E-state index in [9.17, 15) is 19.3 Å². The van der Waals surface area contributed by atoms with Gasteiger partial charge in [0.2, 0.25) is 5.91 Å². The second-order valence-electron chi connectivity index (χ2n) is 7.31. The molecular weight excluding hydrogens is 377 g/mol. The van der Waals surface area contributed by atoms with Crippen molar-refractivity contribution < 1.29 is 33.1 Å². The second-order valence-corrected chi connectivity index (χ2v) is 9.33. The maximum absolute atomic E-state index is 12.6. The summed E-state index contributed by atoms with van der Waals surface area (Å²) < 4.78 is 17.7. The van der Waals surface area contributed by atoms with Crippen molar-refractivity contribution in [2.75, 3.05) is 46.4 Å². The van der Waals surface area contributed by atoms with E-state index in [2.05, 4.69) is 10.1 Å². The third-order valence-electron chi connectivity index (χ3n) is 4.71. The van der Waals surface area contributed by atoms with Gasteiger partial charge in [0, 0.05) is 32.0 Å². The normalized spacial score (nSPS) is 28.5. The molecule has 1 unspecified atom stereocenters. The van der Waals surface area contributed by atoms with Gasteiger partial charge in [-0.05, 0) is 0 Å². The number of carbonyl (C=O) groups is 3. The van der Waals surface area contributed by atoms with E-state index in [0.29, 0.717) is 26.2 Å². The molecule has 2 fully saturated rings. The second kappa shape index (κ2) is 8.79. The van der Waals surface area contributed by atoms with E-state index < -0.39 is 31.5 Å². The van der Waals surface area contributed by atoms with Crippen LogP contribution in [-0.2, 0) is 28.2 Å². The lowest BCUT2D eigenvalue weighted by atomic mass is 9.87. The molecular formula is C16H29N3O7P+. The number of carbonyl (C=O) groups excluding carboxylic acids is 3. The largest absolute Gasteiger partial charge is 0.502 e. The average Bonchev–Trinajstić information content (AvgIpc) is 2.63. The Hall–Kier alpha value is -1.32. The van der Waals surface area contributed by atoms with E-state index in [1.165, 1.54) is 14.0 Å². The highest BCUT2D eigenvalue weighted by molar-refractivity contribution is 7.58. The van der Waals surface area contributed by atoms with E-state index in [4.69, 9.17) is 9.05 Å². The number of nitrogens with one attached hydrogen (secondary N) is 1. The van der Waals surface area contributed by atoms with Crippen LogP contribution in [0.5, 0.6) is 0 Å². The molecule has 0 aliphatic carbocycles. The molecule has 154 valence electrons. The Kier molecular flexibility index (Phi) is 7.15. The maximum Gasteiger partial charge on any atom is 0.502 e. The van der Waals surface area contributed by atoms with Crippen molar-refractivity contribution in [3.63, 3.8) is 0 Å². The van der Waals surface area contributed by atoms with Crippen molar-refractivity contribution in [2.24, 2.45) is 5.41 Å². The van der Waals surface area contributed by atoms with Gasteiger partial charge in [-0.2, -0.15) is 9.42 Å². The SMILES string of the molecule is COC(=O)CCNC(=O)[C@@H]1O[P+](O)(N2CCN(C(C)=O)CC2)OCC1(C)C. The number of amides is 2. The predicted octanol–water partition coefficient (Wildman–Crippen LogP) is -0.0587. The number of methoxy groups -OCH3 is 1. The standard InChI is InChI=1S/C16H28N3O7P/c1-12(20)18-7-9-19(10-8-18)27(23)25-11-16(2,3)14(26-27)15(22)17-6-5-13(21)24-4/h14,23H,5-11H2,1-4H3/p+1/t14-,27?/m0/s1. The fraction of sp³-hybridized carbons (Fsp3) is 0.812. The topological polar surface area (TPSA) is 118 Å². The number of hydrogen-bond acceptors (Lipinski definition) is 8. The minimum atomic E-state index is -3.40. The van der Waals surface area contributed by atoms with E-state index in [-0.39, 0.29) is 25.5 Å². The maximum atomic E-state index is 12.6. The molecule has 0 bridgehead atoms. The third-order valence-corrected chi connectivity index (χ3v) is 6.78. The molecule has 0 saturated carbocycles. The molecule has 0 aromatic rings. The number of esters is 1. The Morgan fingerprint density at radius 3 is 2.44 bits per heavy atom. The molecule has 11 heteroatoms. The van der Waals surface area contributed by atoms with Gasteiger partial charge in [0.05, 0.1) is 26.6 Å². The number of hydrogen-bond donors (Lipinski definition) is 2. The van der Waals surface area contributed by atoms with Crippen molar-refractivity contribution in [1.29, 1.82) is 0 Å². The van der Waals surface area contributed by atoms with Crippen LogP contribution in [0.4, 0.5) is 0 Å². The van der Waals surface area contributed by atoms with Crippen LogP contribution in [-0.4, -0.2) is 84.8 Å². The summed E-state index contributed by atoms with van der Waals surface area (Å²) in [7, 11) is -2.12. The Morgan fingerprint density at radius 2 is 1.89 bits per heavy atom. The Labute approximate surface area is 159 Å². The first-order valence-corrected chi connectivity index (χ1v) is 10.4. The zero-order valence-corrected chi connectivity index (χ0v) is 17.2. The fourth-order valence-corrected chi connectivity index (χ4v) is 5.13. The van der Waals surface area contributed by atoms with Crippen LogP contribution in [0.2, 0.25) is 0 Å². The van der Waals surface area contributed by atoms with Crippen molar-refractivity contribution >= 4 is 25.9 Å². The van der Waals surface area contributed by atoms with Gasteiger partial charge in [0.25, 0.3) is 5.91 Å². The molecule has 0 spiro atoms. The molecule has 2 aliphatic rings. The van der Waals surface area contributed by atoms with Crippen molar-refractivity contribution in [1.82, 2.24) is 14.9 Å². The summed E-state index contributed by atoms with van der Waals surface area (Å²) in [6.07, 6.45) is -0.869. The van der Waals surface area contributed by atoms with Gasteiger partial charge in [-0.25, -0.2) is 0 Å². The van der Waals surface area contributed by atoms with Crippen LogP contribution in [0.25, 0.3) is 0 Å². The third kappa shape index (κ3) is 5.36. The summed E-state index contributed by atoms with van der Waals surface area (Å²) in [5.74, 6) is -0.850. The summed E-state index contributed by atoms with van der Waals surface area (Å²) >= 11 is 0. The first kappa shape index (κ1) is 22.0. The molecule has 2 saturated heterocycles. The molecule has 2 heterocycles. The van der Waals surface area contributed by atoms with Crippen LogP contribution in [0, 0.1) is 5.41 Å². The summed E-state index contributed by atoms with van der Waals surface area (Å²) in [5.41, 5.74) is -0.650. The quantitative estimate of drug-likeness (QED) is 0.482. The first-order chi connectivity index (χ1) is 12.6. The first-order valence-electron chi connectivity index (χ1n) is 8.89. The van der Waals surface area contributed by atoms with Gasteiger partial charge < -0.3 is 15.0 Å². The van der Waals surface area contributed by atoms with Crippen LogP contribution in [0.3, 0.4) is 0 Å². The number of rotatable bonds is 5. The van der Waals surface area contributed by atoms with E-state index >= 15 is 0 Å². The molecule has 0 radical (unpaired) electrons. The molecule has 27 heavy (non-hydrogen) atoms. The highest BCUT2D eigenvalue weighted by atomic mass is 31.2. The predicted molar refractivity (Wildman–Crippen MR) is 97.2 cm³/mol. The summed E-state index contributed by atoms with van der Waals surface area (Å²) in [6.45, 7) is 7.14. The number of nitrogens with zero attached hydrogens (tertiary/aromatic N) is 2. The lowest BCUT2D eigenvalue weighted by Crippen LogP contribution is -2.54. The van der Waals surface area contributed by atoms with Crippen molar-refractivity contribution in [3.8, 4) is 0 Å². The van der Waals surface area contributed by atoms with Crippen LogP contribution in [0.15, 0.2) is 0 Å². The minimum absolute atomic E-state index is 0.0190. The Bertz CT molecular complexity index is 580. The highest BCUT2D eigenvalue weighted by Crippen LogP contribution is 2.65. The number of ether oxygens (including phenoxy) is 1. The highest BCUT2D eigenvalue weighted by Gasteiger charge is 2.61. The lowest BCUT2D eigenvalue weighted by Gasteiger charge is -2.42. The molecule has 2 N–H and O–H groups in total. The molecule has 2 atom stereocenters. The van der Waals surface area contributed by atoms with Gasteiger partial charge in [-0.1, -0.05) is 18.5 Å². The van der Waals surface area contributed by atoms with Crippen LogP contribution < -0.4 is 5.32 Å². The molecule has 10 nitrogen and oxygen atoms in total. The zero-order valence-electron chi connectivity index (χ0n) is 16.3. The van der Waals surface area contributed by atoms with Crippen molar-refractivity contribution in [3.05, 3.63) is 0 Å². The summed E-state index contributed by atoms with van der Waals surface area (Å²) in [5, 5.41) is 2.65. The Morgan fingerprint density at radius 1 is 1.26 bits per heavy atom. The molecule has 0 aromatic heterocycles. The summed E-state index contributed by atoms with van der Waals surface area (Å²) in [4.78, 5) is 47.9. The van der Waals surface area contributed by atoms with Crippen LogP contribution in [0.1, 0.15) is 27.2 Å². The smallest absolute Gasteiger partial charge is 0.469 e. The zero-order chi connectivity index (χ0) is 20.2. The van der Waals surface area contributed by atoms with Gasteiger partial charge in [-0.15, -0.1) is 4.52 Å². The number of piperazine rings is 1. The van der Waals surface area contributed by atoms with E-state index in [1.54, 1.807) is 9.57 Å². The molecule has 2 aliphatic heterocycles.